The van der Waals surface area contributed by atoms with Crippen LogP contribution in [-0.2, 0) is 17.6 Å². The van der Waals surface area contributed by atoms with Gasteiger partial charge in [0.05, 0.1) is 6.61 Å². The van der Waals surface area contributed by atoms with Crippen LogP contribution in [0.15, 0.2) is 28.8 Å². The highest BCUT2D eigenvalue weighted by Gasteiger charge is 2.13. The van der Waals surface area contributed by atoms with E-state index < -0.39 is 0 Å². The molecule has 1 heterocycles. The van der Waals surface area contributed by atoms with Crippen molar-refractivity contribution >= 4 is 0 Å². The third-order valence-electron chi connectivity index (χ3n) is 3.29. The molecule has 20 heavy (non-hydrogen) atoms. The lowest BCUT2D eigenvalue weighted by Crippen LogP contribution is -2.32. The van der Waals surface area contributed by atoms with Crippen LogP contribution >= 0.6 is 0 Å². The number of nitrogens with zero attached hydrogens (tertiary/aromatic N) is 2. The number of ether oxygens (including phenoxy) is 1. The number of hydrogen-bond donors (Lipinski definition) is 1. The zero-order valence-corrected chi connectivity index (χ0v) is 12.2. The van der Waals surface area contributed by atoms with E-state index in [2.05, 4.69) is 34.5 Å². The minimum atomic E-state index is 0.177. The lowest BCUT2D eigenvalue weighted by atomic mass is 10.1. The fourth-order valence-electron chi connectivity index (χ4n) is 2.00. The second-order valence-corrected chi connectivity index (χ2v) is 4.71. The van der Waals surface area contributed by atoms with Crippen molar-refractivity contribution in [1.29, 1.82) is 0 Å². The summed E-state index contributed by atoms with van der Waals surface area (Å²) in [6, 6.07) is 8.41. The second kappa shape index (κ2) is 7.17. The van der Waals surface area contributed by atoms with E-state index in [1.165, 1.54) is 5.56 Å². The predicted molar refractivity (Wildman–Crippen MR) is 77.5 cm³/mol. The molecule has 1 atom stereocenters. The molecule has 0 aliphatic carbocycles. The summed E-state index contributed by atoms with van der Waals surface area (Å²) in [5.74, 6) is 1.26. The lowest BCUT2D eigenvalue weighted by molar-refractivity contribution is 0.165. The molecule has 0 aliphatic heterocycles. The van der Waals surface area contributed by atoms with Crippen molar-refractivity contribution in [1.82, 2.24) is 15.5 Å². The molecule has 0 aliphatic rings. The van der Waals surface area contributed by atoms with Gasteiger partial charge in [0, 0.05) is 25.1 Å². The molecule has 5 nitrogen and oxygen atoms in total. The monoisotopic (exact) mass is 275 g/mol. The summed E-state index contributed by atoms with van der Waals surface area (Å²) in [4.78, 5) is 4.43. The van der Waals surface area contributed by atoms with E-state index in [0.29, 0.717) is 24.7 Å². The van der Waals surface area contributed by atoms with E-state index in [-0.39, 0.29) is 6.04 Å². The first-order valence-electron chi connectivity index (χ1n) is 6.85. The number of aryl methyl sites for hydroxylation is 1. The van der Waals surface area contributed by atoms with E-state index >= 15 is 0 Å². The van der Waals surface area contributed by atoms with Gasteiger partial charge in [-0.05, 0) is 19.0 Å². The first-order chi connectivity index (χ1) is 9.76. The highest BCUT2D eigenvalue weighted by molar-refractivity contribution is 5.54. The van der Waals surface area contributed by atoms with Crippen LogP contribution in [0.4, 0.5) is 0 Å². The van der Waals surface area contributed by atoms with Crippen LogP contribution in [0.25, 0.3) is 11.4 Å². The third kappa shape index (κ3) is 3.65. The van der Waals surface area contributed by atoms with Crippen molar-refractivity contribution in [3.05, 3.63) is 35.7 Å². The van der Waals surface area contributed by atoms with E-state index in [4.69, 9.17) is 9.26 Å². The van der Waals surface area contributed by atoms with Crippen LogP contribution in [-0.4, -0.2) is 36.9 Å². The van der Waals surface area contributed by atoms with Gasteiger partial charge in [-0.3, -0.25) is 0 Å². The Morgan fingerprint density at radius 1 is 1.30 bits per heavy atom. The minimum absolute atomic E-state index is 0.177. The van der Waals surface area contributed by atoms with Crippen LogP contribution < -0.4 is 5.32 Å². The van der Waals surface area contributed by atoms with Gasteiger partial charge in [-0.2, -0.15) is 4.98 Å². The molecule has 5 heteroatoms. The molecular formula is C15H21N3O2. The zero-order chi connectivity index (χ0) is 14.4. The quantitative estimate of drug-likeness (QED) is 0.838. The van der Waals surface area contributed by atoms with Gasteiger partial charge in [0.1, 0.15) is 0 Å². The highest BCUT2D eigenvalue weighted by Crippen LogP contribution is 2.17. The Hall–Kier alpha value is -1.72. The Labute approximate surface area is 119 Å². The first-order valence-corrected chi connectivity index (χ1v) is 6.85. The number of nitrogens with one attached hydrogen (secondary N) is 1. The lowest BCUT2D eigenvalue weighted by Gasteiger charge is -2.11. The summed E-state index contributed by atoms with van der Waals surface area (Å²) < 4.78 is 10.4. The zero-order valence-electron chi connectivity index (χ0n) is 12.2. The van der Waals surface area contributed by atoms with Crippen LogP contribution in [0.1, 0.15) is 18.4 Å². The van der Waals surface area contributed by atoms with E-state index in [1.807, 2.05) is 19.2 Å². The number of benzene rings is 1. The molecule has 108 valence electrons. The van der Waals surface area contributed by atoms with Crippen molar-refractivity contribution < 1.29 is 9.26 Å². The fraction of sp³-hybridized carbons (Fsp3) is 0.467. The Kier molecular flexibility index (Phi) is 5.26. The molecule has 2 rings (SSSR count). The molecular weight excluding hydrogens is 254 g/mol. The number of methoxy groups -OCH3 is 1. The van der Waals surface area contributed by atoms with Gasteiger partial charge in [0.25, 0.3) is 0 Å². The predicted octanol–water partition coefficient (Wildman–Crippen LogP) is 2.08. The molecule has 0 saturated carbocycles. The van der Waals surface area contributed by atoms with Gasteiger partial charge in [0.2, 0.25) is 11.7 Å². The van der Waals surface area contributed by atoms with Crippen molar-refractivity contribution in [2.75, 3.05) is 20.8 Å². The topological polar surface area (TPSA) is 60.2 Å². The number of rotatable bonds is 7. The van der Waals surface area contributed by atoms with Gasteiger partial charge >= 0.3 is 0 Å². The van der Waals surface area contributed by atoms with Gasteiger partial charge < -0.3 is 14.6 Å². The van der Waals surface area contributed by atoms with Crippen molar-refractivity contribution in [2.24, 2.45) is 0 Å². The van der Waals surface area contributed by atoms with Crippen molar-refractivity contribution in [2.45, 2.75) is 25.8 Å². The van der Waals surface area contributed by atoms with Crippen LogP contribution in [0, 0.1) is 0 Å². The normalized spacial score (nSPS) is 12.6. The van der Waals surface area contributed by atoms with Gasteiger partial charge in [-0.15, -0.1) is 0 Å². The maximum atomic E-state index is 5.30. The summed E-state index contributed by atoms with van der Waals surface area (Å²) in [6.45, 7) is 2.74. The van der Waals surface area contributed by atoms with Crippen LogP contribution in [0.2, 0.25) is 0 Å². The minimum Gasteiger partial charge on any atom is -0.383 e. The number of hydrogen-bond acceptors (Lipinski definition) is 5. The maximum Gasteiger partial charge on any atom is 0.228 e. The van der Waals surface area contributed by atoms with Crippen molar-refractivity contribution in [3.8, 4) is 11.4 Å². The molecule has 1 unspecified atom stereocenters. The molecule has 1 aromatic carbocycles. The molecule has 0 bridgehead atoms. The summed E-state index contributed by atoms with van der Waals surface area (Å²) in [6.07, 6.45) is 1.68. The van der Waals surface area contributed by atoms with Crippen LogP contribution in [0.3, 0.4) is 0 Å². The summed E-state index contributed by atoms with van der Waals surface area (Å²) >= 11 is 0. The molecule has 1 aromatic heterocycles. The highest BCUT2D eigenvalue weighted by atomic mass is 16.5. The summed E-state index contributed by atoms with van der Waals surface area (Å²) in [5.41, 5.74) is 2.28. The summed E-state index contributed by atoms with van der Waals surface area (Å²) in [7, 11) is 3.57. The Morgan fingerprint density at radius 2 is 2.05 bits per heavy atom. The van der Waals surface area contributed by atoms with Gasteiger partial charge in [-0.25, -0.2) is 0 Å². The number of likely N-dealkylation sites (N-methyl/N-ethyl adjacent to an activating group) is 1. The molecule has 0 fully saturated rings. The number of aromatic nitrogens is 2. The van der Waals surface area contributed by atoms with Crippen molar-refractivity contribution in [3.63, 3.8) is 0 Å². The molecule has 0 saturated heterocycles. The van der Waals surface area contributed by atoms with Crippen LogP contribution in [0.5, 0.6) is 0 Å². The smallest absolute Gasteiger partial charge is 0.228 e. The van der Waals surface area contributed by atoms with Gasteiger partial charge in [0.15, 0.2) is 0 Å². The molecule has 2 aromatic rings. The maximum absolute atomic E-state index is 5.30. The Bertz CT molecular complexity index is 522. The second-order valence-electron chi connectivity index (χ2n) is 4.71. The SMILES string of the molecule is CCc1ccc(-c2noc(CC(COC)NC)n2)cc1. The molecule has 0 radical (unpaired) electrons. The van der Waals surface area contributed by atoms with E-state index in [9.17, 15) is 0 Å². The standard InChI is InChI=1S/C15H21N3O2/c1-4-11-5-7-12(8-6-11)15-17-14(20-18-15)9-13(16-2)10-19-3/h5-8,13,16H,4,9-10H2,1-3H3. The Morgan fingerprint density at radius 3 is 2.65 bits per heavy atom. The van der Waals surface area contributed by atoms with Gasteiger partial charge in [-0.1, -0.05) is 36.3 Å². The third-order valence-corrected chi connectivity index (χ3v) is 3.29. The fourth-order valence-corrected chi connectivity index (χ4v) is 2.00. The molecule has 1 N–H and O–H groups in total. The molecule has 0 amide bonds. The Balaban J connectivity index is 2.07. The average Bonchev–Trinajstić information content (AvgIpc) is 2.95. The molecule has 0 spiro atoms. The van der Waals surface area contributed by atoms with E-state index in [1.54, 1.807) is 7.11 Å². The summed E-state index contributed by atoms with van der Waals surface area (Å²) in [5, 5.41) is 7.20. The van der Waals surface area contributed by atoms with E-state index in [0.717, 1.165) is 12.0 Å². The largest absolute Gasteiger partial charge is 0.383 e. The first kappa shape index (κ1) is 14.7. The average molecular weight is 275 g/mol.